The second kappa shape index (κ2) is 5.28. The zero-order chi connectivity index (χ0) is 15.1. The molecule has 3 nitrogen and oxygen atoms in total. The summed E-state index contributed by atoms with van der Waals surface area (Å²) in [4.78, 5) is 8.92. The molecule has 1 aromatic carbocycles. The van der Waals surface area contributed by atoms with Crippen LogP contribution in [-0.2, 0) is 0 Å². The maximum absolute atomic E-state index is 14.3. The molecule has 0 N–H and O–H groups in total. The topological polar surface area (TPSA) is 30.7 Å². The van der Waals surface area contributed by atoms with E-state index in [0.717, 1.165) is 5.69 Å². The minimum atomic E-state index is -0.441. The van der Waals surface area contributed by atoms with E-state index in [1.165, 1.54) is 6.07 Å². The summed E-state index contributed by atoms with van der Waals surface area (Å²) in [5, 5.41) is -0.0418. The van der Waals surface area contributed by atoms with Gasteiger partial charge in [-0.05, 0) is 44.2 Å². The molecule has 1 unspecified atom stereocenters. The molecule has 108 valence electrons. The summed E-state index contributed by atoms with van der Waals surface area (Å²) < 4.78 is 15.9. The molecule has 0 saturated carbocycles. The van der Waals surface area contributed by atoms with Crippen molar-refractivity contribution in [1.82, 2.24) is 14.5 Å². The van der Waals surface area contributed by atoms with Crippen molar-refractivity contribution in [2.24, 2.45) is 0 Å². The minimum Gasteiger partial charge on any atom is -0.276 e. The molecule has 0 fully saturated rings. The predicted molar refractivity (Wildman–Crippen MR) is 82.8 cm³/mol. The Hall–Kier alpha value is -1.65. The average Bonchev–Trinajstić information content (AvgIpc) is 2.77. The number of aromatic nitrogens is 3. The predicted octanol–water partition coefficient (Wildman–Crippen LogP) is 4.82. The van der Waals surface area contributed by atoms with Crippen molar-refractivity contribution < 1.29 is 4.39 Å². The molecule has 2 heterocycles. The van der Waals surface area contributed by atoms with Crippen molar-refractivity contribution in [3.05, 3.63) is 52.7 Å². The molecule has 0 aliphatic carbocycles. The molecule has 0 bridgehead atoms. The van der Waals surface area contributed by atoms with E-state index in [-0.39, 0.29) is 5.38 Å². The lowest BCUT2D eigenvalue weighted by Gasteiger charge is -2.11. The van der Waals surface area contributed by atoms with Gasteiger partial charge in [-0.25, -0.2) is 14.4 Å². The minimum absolute atomic E-state index is 0.336. The highest BCUT2D eigenvalue weighted by Gasteiger charge is 2.19. The van der Waals surface area contributed by atoms with E-state index < -0.39 is 5.82 Å². The highest BCUT2D eigenvalue weighted by Crippen LogP contribution is 2.29. The van der Waals surface area contributed by atoms with Crippen LogP contribution in [0.15, 0.2) is 30.3 Å². The van der Waals surface area contributed by atoms with Gasteiger partial charge < -0.3 is 0 Å². The van der Waals surface area contributed by atoms with Crippen molar-refractivity contribution in [2.45, 2.75) is 19.2 Å². The number of imidazole rings is 1. The van der Waals surface area contributed by atoms with Crippen LogP contribution in [0.4, 0.5) is 4.39 Å². The molecule has 3 aromatic rings. The first-order valence-corrected chi connectivity index (χ1v) is 7.24. The summed E-state index contributed by atoms with van der Waals surface area (Å²) in [5.41, 5.74) is 2.42. The Kier molecular flexibility index (Phi) is 3.59. The van der Waals surface area contributed by atoms with Crippen molar-refractivity contribution in [1.29, 1.82) is 0 Å². The Bertz CT molecular complexity index is 827. The van der Waals surface area contributed by atoms with Crippen LogP contribution in [-0.4, -0.2) is 14.5 Å². The molecule has 0 spiro atoms. The van der Waals surface area contributed by atoms with E-state index in [9.17, 15) is 4.39 Å². The lowest BCUT2D eigenvalue weighted by Crippen LogP contribution is -2.05. The fourth-order valence-electron chi connectivity index (χ4n) is 2.24. The Morgan fingerprint density at radius 2 is 1.95 bits per heavy atom. The van der Waals surface area contributed by atoms with Gasteiger partial charge in [0.05, 0.1) is 11.1 Å². The van der Waals surface area contributed by atoms with Gasteiger partial charge in [-0.15, -0.1) is 11.6 Å². The fourth-order valence-corrected chi connectivity index (χ4v) is 2.54. The van der Waals surface area contributed by atoms with Crippen LogP contribution in [0.1, 0.15) is 23.8 Å². The van der Waals surface area contributed by atoms with Gasteiger partial charge >= 0.3 is 0 Å². The number of benzene rings is 1. The number of pyridine rings is 1. The van der Waals surface area contributed by atoms with Crippen molar-refractivity contribution in [2.75, 3.05) is 0 Å². The molecule has 21 heavy (non-hydrogen) atoms. The highest BCUT2D eigenvalue weighted by atomic mass is 35.5. The van der Waals surface area contributed by atoms with Crippen LogP contribution in [0, 0.1) is 12.7 Å². The van der Waals surface area contributed by atoms with Gasteiger partial charge in [-0.1, -0.05) is 11.6 Å². The Morgan fingerprint density at radius 1 is 1.19 bits per heavy atom. The fraction of sp³-hybridized carbons (Fsp3) is 0.200. The standard InChI is InChI=1S/C15H12Cl2FN3/c1-8-3-5-12-15(19-8)21(14(20-12)9(2)16)13-6-4-10(17)7-11(13)18/h3-7,9H,1-2H3. The van der Waals surface area contributed by atoms with E-state index in [1.807, 2.05) is 19.1 Å². The molecule has 2 aromatic heterocycles. The molecule has 1 atom stereocenters. The van der Waals surface area contributed by atoms with E-state index >= 15 is 0 Å². The van der Waals surface area contributed by atoms with E-state index in [1.54, 1.807) is 23.6 Å². The highest BCUT2D eigenvalue weighted by molar-refractivity contribution is 6.30. The zero-order valence-electron chi connectivity index (χ0n) is 11.4. The first-order valence-electron chi connectivity index (χ1n) is 6.43. The second-order valence-corrected chi connectivity index (χ2v) is 5.90. The normalized spacial score (nSPS) is 12.8. The zero-order valence-corrected chi connectivity index (χ0v) is 13.0. The van der Waals surface area contributed by atoms with Gasteiger partial charge in [0.1, 0.15) is 17.2 Å². The molecule has 0 saturated heterocycles. The quantitative estimate of drug-likeness (QED) is 0.633. The van der Waals surface area contributed by atoms with Crippen LogP contribution >= 0.6 is 23.2 Å². The number of hydrogen-bond acceptors (Lipinski definition) is 2. The third-order valence-electron chi connectivity index (χ3n) is 3.18. The number of aryl methyl sites for hydroxylation is 1. The van der Waals surface area contributed by atoms with Gasteiger partial charge in [0, 0.05) is 10.7 Å². The number of fused-ring (bicyclic) bond motifs is 1. The number of rotatable bonds is 2. The Labute approximate surface area is 131 Å². The number of hydrogen-bond donors (Lipinski definition) is 0. The average molecular weight is 324 g/mol. The lowest BCUT2D eigenvalue weighted by molar-refractivity contribution is 0.616. The first kappa shape index (κ1) is 14.3. The first-order chi connectivity index (χ1) is 9.97. The molecule has 6 heteroatoms. The van der Waals surface area contributed by atoms with Crippen molar-refractivity contribution >= 4 is 34.4 Å². The third-order valence-corrected chi connectivity index (χ3v) is 3.61. The van der Waals surface area contributed by atoms with Crippen LogP contribution in [0.25, 0.3) is 16.9 Å². The van der Waals surface area contributed by atoms with Crippen LogP contribution in [0.2, 0.25) is 5.02 Å². The van der Waals surface area contributed by atoms with Crippen LogP contribution < -0.4 is 0 Å². The Balaban J connectivity index is 2.38. The van der Waals surface area contributed by atoms with Gasteiger partial charge in [0.25, 0.3) is 0 Å². The van der Waals surface area contributed by atoms with Gasteiger partial charge in [-0.3, -0.25) is 4.57 Å². The monoisotopic (exact) mass is 323 g/mol. The van der Waals surface area contributed by atoms with E-state index in [2.05, 4.69) is 9.97 Å². The molecular weight excluding hydrogens is 312 g/mol. The summed E-state index contributed by atoms with van der Waals surface area (Å²) in [5.74, 6) is 0.106. The molecule has 0 radical (unpaired) electrons. The van der Waals surface area contributed by atoms with Crippen LogP contribution in [0.5, 0.6) is 0 Å². The molecule has 0 aliphatic heterocycles. The van der Waals surface area contributed by atoms with Crippen LogP contribution in [0.3, 0.4) is 0 Å². The number of nitrogens with zero attached hydrogens (tertiary/aromatic N) is 3. The summed E-state index contributed by atoms with van der Waals surface area (Å²) in [6.45, 7) is 3.67. The second-order valence-electron chi connectivity index (χ2n) is 4.81. The molecule has 3 rings (SSSR count). The summed E-state index contributed by atoms with van der Waals surface area (Å²) in [6, 6.07) is 8.21. The van der Waals surface area contributed by atoms with Crippen molar-refractivity contribution in [3.63, 3.8) is 0 Å². The maximum Gasteiger partial charge on any atom is 0.165 e. The summed E-state index contributed by atoms with van der Waals surface area (Å²) in [6.07, 6.45) is 0. The SMILES string of the molecule is Cc1ccc2nc(C(C)Cl)n(-c3ccc(Cl)cc3F)c2n1. The lowest BCUT2D eigenvalue weighted by atomic mass is 10.3. The Morgan fingerprint density at radius 3 is 2.62 bits per heavy atom. The largest absolute Gasteiger partial charge is 0.276 e. The smallest absolute Gasteiger partial charge is 0.165 e. The number of alkyl halides is 1. The van der Waals surface area contributed by atoms with Gasteiger partial charge in [0.2, 0.25) is 0 Å². The summed E-state index contributed by atoms with van der Waals surface area (Å²) >= 11 is 12.0. The molecule has 0 amide bonds. The van der Waals surface area contributed by atoms with E-state index in [0.29, 0.717) is 27.7 Å². The number of halogens is 3. The van der Waals surface area contributed by atoms with Crippen molar-refractivity contribution in [3.8, 4) is 5.69 Å². The summed E-state index contributed by atoms with van der Waals surface area (Å²) in [7, 11) is 0. The molecule has 0 aliphatic rings. The maximum atomic E-state index is 14.3. The van der Waals surface area contributed by atoms with Gasteiger partial charge in [-0.2, -0.15) is 0 Å². The van der Waals surface area contributed by atoms with E-state index in [4.69, 9.17) is 23.2 Å². The van der Waals surface area contributed by atoms with Gasteiger partial charge in [0.15, 0.2) is 5.65 Å². The molecular formula is C15H12Cl2FN3. The third kappa shape index (κ3) is 2.49.